The van der Waals surface area contributed by atoms with Crippen molar-refractivity contribution in [2.24, 2.45) is 0 Å². The zero-order valence-corrected chi connectivity index (χ0v) is 18.5. The van der Waals surface area contributed by atoms with Crippen molar-refractivity contribution in [3.05, 3.63) is 71.0 Å². The van der Waals surface area contributed by atoms with Crippen LogP contribution in [0, 0.1) is 13.8 Å². The Hall–Kier alpha value is -3.68. The Morgan fingerprint density at radius 1 is 1.03 bits per heavy atom. The highest BCUT2D eigenvalue weighted by Crippen LogP contribution is 2.17. The van der Waals surface area contributed by atoms with E-state index in [1.807, 2.05) is 25.1 Å². The third kappa shape index (κ3) is 4.64. The van der Waals surface area contributed by atoms with Crippen molar-refractivity contribution < 1.29 is 14.3 Å². The number of aromatic nitrogens is 3. The van der Waals surface area contributed by atoms with Gasteiger partial charge in [-0.25, -0.2) is 4.68 Å². The molecule has 0 radical (unpaired) electrons. The molecule has 0 saturated carbocycles. The van der Waals surface area contributed by atoms with Gasteiger partial charge in [0, 0.05) is 24.7 Å². The lowest BCUT2D eigenvalue weighted by molar-refractivity contribution is 0.0692. The summed E-state index contributed by atoms with van der Waals surface area (Å²) in [6.07, 6.45) is 3.06. The van der Waals surface area contributed by atoms with Crippen LogP contribution in [0.2, 0.25) is 0 Å². The molecule has 1 N–H and O–H groups in total. The predicted molar refractivity (Wildman–Crippen MR) is 120 cm³/mol. The van der Waals surface area contributed by atoms with Crippen molar-refractivity contribution in [1.82, 2.24) is 25.2 Å². The van der Waals surface area contributed by atoms with Gasteiger partial charge in [0.2, 0.25) is 0 Å². The lowest BCUT2D eigenvalue weighted by Gasteiger charge is -2.31. The third-order valence-electron chi connectivity index (χ3n) is 5.94. The molecule has 1 aliphatic rings. The molecule has 8 nitrogen and oxygen atoms in total. The van der Waals surface area contributed by atoms with E-state index in [1.54, 1.807) is 47.2 Å². The minimum Gasteiger partial charge on any atom is -0.497 e. The minimum atomic E-state index is -0.139. The number of amides is 2. The fraction of sp³-hybridized carbons (Fsp3) is 0.333. The highest BCUT2D eigenvalue weighted by molar-refractivity contribution is 5.94. The topological polar surface area (TPSA) is 89.4 Å². The summed E-state index contributed by atoms with van der Waals surface area (Å²) < 4.78 is 6.75. The number of rotatable bonds is 5. The van der Waals surface area contributed by atoms with Crippen LogP contribution in [0.5, 0.6) is 5.75 Å². The number of aryl methyl sites for hydroxylation is 2. The molecule has 0 bridgehead atoms. The minimum absolute atomic E-state index is 0.0277. The molecule has 3 aromatic rings. The van der Waals surface area contributed by atoms with Crippen LogP contribution in [0.4, 0.5) is 0 Å². The molecule has 1 aliphatic heterocycles. The first kappa shape index (κ1) is 21.5. The van der Waals surface area contributed by atoms with Crippen molar-refractivity contribution in [1.29, 1.82) is 0 Å². The van der Waals surface area contributed by atoms with E-state index in [9.17, 15) is 9.59 Å². The maximum absolute atomic E-state index is 12.9. The van der Waals surface area contributed by atoms with Crippen molar-refractivity contribution in [2.45, 2.75) is 32.7 Å². The van der Waals surface area contributed by atoms with E-state index in [0.29, 0.717) is 42.9 Å². The van der Waals surface area contributed by atoms with Gasteiger partial charge in [0.15, 0.2) is 5.69 Å². The summed E-state index contributed by atoms with van der Waals surface area (Å²) in [6.45, 7) is 5.21. The number of carbonyl (C=O) groups excluding carboxylic acids is 2. The van der Waals surface area contributed by atoms with Gasteiger partial charge in [-0.1, -0.05) is 11.3 Å². The SMILES string of the molecule is COc1ccc(C(=O)NC2CCN(C(=O)c3cn(-c4ccc(C)c(C)c4)nn3)CC2)cc1. The Labute approximate surface area is 187 Å². The second-order valence-electron chi connectivity index (χ2n) is 8.09. The van der Waals surface area contributed by atoms with Crippen molar-refractivity contribution in [3.63, 3.8) is 0 Å². The molecule has 8 heteroatoms. The Morgan fingerprint density at radius 2 is 1.75 bits per heavy atom. The average molecular weight is 434 g/mol. The lowest BCUT2D eigenvalue weighted by Crippen LogP contribution is -2.46. The highest BCUT2D eigenvalue weighted by atomic mass is 16.5. The molecule has 1 saturated heterocycles. The van der Waals surface area contributed by atoms with Crippen LogP contribution < -0.4 is 10.1 Å². The molecule has 0 spiro atoms. The first-order valence-corrected chi connectivity index (χ1v) is 10.7. The number of nitrogens with one attached hydrogen (secondary N) is 1. The molecule has 4 rings (SSSR count). The van der Waals surface area contributed by atoms with Gasteiger partial charge in [0.05, 0.1) is 19.0 Å². The Bertz CT molecular complexity index is 1110. The van der Waals surface area contributed by atoms with Crippen molar-refractivity contribution >= 4 is 11.8 Å². The second-order valence-corrected chi connectivity index (χ2v) is 8.09. The van der Waals surface area contributed by atoms with Crippen LogP contribution in [0.3, 0.4) is 0 Å². The number of hydrogen-bond donors (Lipinski definition) is 1. The summed E-state index contributed by atoms with van der Waals surface area (Å²) in [5, 5.41) is 11.3. The first-order chi connectivity index (χ1) is 15.4. The van der Waals surface area contributed by atoms with Gasteiger partial charge in [-0.3, -0.25) is 9.59 Å². The quantitative estimate of drug-likeness (QED) is 0.668. The number of ether oxygens (including phenoxy) is 1. The van der Waals surface area contributed by atoms with Gasteiger partial charge in [0.1, 0.15) is 5.75 Å². The zero-order valence-electron chi connectivity index (χ0n) is 18.5. The number of likely N-dealkylation sites (tertiary alicyclic amines) is 1. The Kier molecular flexibility index (Phi) is 6.20. The number of carbonyl (C=O) groups is 2. The van der Waals surface area contributed by atoms with Gasteiger partial charge >= 0.3 is 0 Å². The van der Waals surface area contributed by atoms with E-state index in [4.69, 9.17) is 4.74 Å². The van der Waals surface area contributed by atoms with Crippen molar-refractivity contribution in [2.75, 3.05) is 20.2 Å². The number of hydrogen-bond acceptors (Lipinski definition) is 5. The summed E-state index contributed by atoms with van der Waals surface area (Å²) in [5.74, 6) is 0.455. The molecule has 32 heavy (non-hydrogen) atoms. The molecular weight excluding hydrogens is 406 g/mol. The monoisotopic (exact) mass is 433 g/mol. The number of benzene rings is 2. The standard InChI is InChI=1S/C24H27N5O3/c1-16-4-7-20(14-17(16)2)29-15-22(26-27-29)24(31)28-12-10-19(11-13-28)25-23(30)18-5-8-21(32-3)9-6-18/h4-9,14-15,19H,10-13H2,1-3H3,(H,25,30). The third-order valence-corrected chi connectivity index (χ3v) is 5.94. The van der Waals surface area contributed by atoms with Crippen molar-refractivity contribution in [3.8, 4) is 11.4 Å². The van der Waals surface area contributed by atoms with Crippen LogP contribution in [0.1, 0.15) is 44.8 Å². The van der Waals surface area contributed by atoms with E-state index >= 15 is 0 Å². The van der Waals surface area contributed by atoms with Gasteiger partial charge in [0.25, 0.3) is 11.8 Å². The molecule has 2 aromatic carbocycles. The van der Waals surface area contributed by atoms with Gasteiger partial charge in [-0.2, -0.15) is 0 Å². The Morgan fingerprint density at radius 3 is 2.41 bits per heavy atom. The maximum atomic E-state index is 12.9. The van der Waals surface area contributed by atoms with Crippen LogP contribution in [0.15, 0.2) is 48.7 Å². The molecule has 2 heterocycles. The largest absolute Gasteiger partial charge is 0.497 e. The van der Waals surface area contributed by atoms with Crippen LogP contribution >= 0.6 is 0 Å². The summed E-state index contributed by atoms with van der Waals surface area (Å²) in [4.78, 5) is 27.1. The summed E-state index contributed by atoms with van der Waals surface area (Å²) in [6, 6.07) is 13.1. The molecule has 2 amide bonds. The van der Waals surface area contributed by atoms with Gasteiger partial charge in [-0.15, -0.1) is 5.10 Å². The molecule has 1 fully saturated rings. The Balaban J connectivity index is 1.33. The van der Waals surface area contributed by atoms with E-state index in [2.05, 4.69) is 22.6 Å². The molecule has 166 valence electrons. The zero-order chi connectivity index (χ0) is 22.7. The maximum Gasteiger partial charge on any atom is 0.276 e. The molecule has 0 atom stereocenters. The fourth-order valence-corrected chi connectivity index (χ4v) is 3.76. The average Bonchev–Trinajstić information content (AvgIpc) is 3.31. The van der Waals surface area contributed by atoms with Crippen LogP contribution in [-0.4, -0.2) is 57.9 Å². The van der Waals surface area contributed by atoms with E-state index in [-0.39, 0.29) is 17.9 Å². The fourth-order valence-electron chi connectivity index (χ4n) is 3.76. The predicted octanol–water partition coefficient (Wildman–Crippen LogP) is 2.93. The normalized spacial score (nSPS) is 14.3. The second kappa shape index (κ2) is 9.21. The molecule has 1 aromatic heterocycles. The van der Waals surface area contributed by atoms with E-state index in [1.165, 1.54) is 5.56 Å². The molecule has 0 unspecified atom stereocenters. The number of piperidine rings is 1. The summed E-state index contributed by atoms with van der Waals surface area (Å²) in [5.41, 5.74) is 4.15. The van der Waals surface area contributed by atoms with Crippen LogP contribution in [0.25, 0.3) is 5.69 Å². The van der Waals surface area contributed by atoms with E-state index < -0.39 is 0 Å². The molecular formula is C24H27N5O3. The van der Waals surface area contributed by atoms with Crippen LogP contribution in [-0.2, 0) is 0 Å². The van der Waals surface area contributed by atoms with Gasteiger partial charge < -0.3 is 15.0 Å². The summed E-state index contributed by atoms with van der Waals surface area (Å²) in [7, 11) is 1.59. The number of nitrogens with zero attached hydrogens (tertiary/aromatic N) is 4. The van der Waals surface area contributed by atoms with E-state index in [0.717, 1.165) is 11.3 Å². The summed E-state index contributed by atoms with van der Waals surface area (Å²) >= 11 is 0. The number of methoxy groups -OCH3 is 1. The smallest absolute Gasteiger partial charge is 0.276 e. The molecule has 0 aliphatic carbocycles. The first-order valence-electron chi connectivity index (χ1n) is 10.7. The lowest BCUT2D eigenvalue weighted by atomic mass is 10.0. The highest BCUT2D eigenvalue weighted by Gasteiger charge is 2.26. The van der Waals surface area contributed by atoms with Gasteiger partial charge in [-0.05, 0) is 74.2 Å².